The normalized spacial score (nSPS) is 11.8. The largest absolute Gasteiger partial charge is 0.349 e. The Bertz CT molecular complexity index is 570. The third kappa shape index (κ3) is 6.81. The summed E-state index contributed by atoms with van der Waals surface area (Å²) in [6, 6.07) is 7.15. The van der Waals surface area contributed by atoms with Crippen LogP contribution in [0.5, 0.6) is 0 Å². The zero-order valence-corrected chi connectivity index (χ0v) is 15.2. The van der Waals surface area contributed by atoms with E-state index in [2.05, 4.69) is 16.0 Å². The molecule has 6 nitrogen and oxygen atoms in total. The summed E-state index contributed by atoms with van der Waals surface area (Å²) in [5, 5.41) is 7.97. The molecule has 24 heavy (non-hydrogen) atoms. The third-order valence-corrected chi connectivity index (χ3v) is 2.83. The van der Waals surface area contributed by atoms with Gasteiger partial charge in [0.25, 0.3) is 17.7 Å². The predicted octanol–water partition coefficient (Wildman–Crippen LogP) is 1.61. The molecule has 0 aliphatic heterocycles. The van der Waals surface area contributed by atoms with Crippen molar-refractivity contribution in [3.05, 3.63) is 35.9 Å². The molecule has 0 aliphatic rings. The molecule has 0 spiro atoms. The maximum absolute atomic E-state index is 12.5. The first-order valence-corrected chi connectivity index (χ1v) is 7.89. The molecule has 0 heterocycles. The van der Waals surface area contributed by atoms with Gasteiger partial charge in [-0.05, 0) is 53.7 Å². The highest BCUT2D eigenvalue weighted by Gasteiger charge is 2.32. The highest BCUT2D eigenvalue weighted by molar-refractivity contribution is 6.09. The van der Waals surface area contributed by atoms with Gasteiger partial charge in [0.05, 0.1) is 0 Å². The molecule has 3 amide bonds. The van der Waals surface area contributed by atoms with Crippen LogP contribution >= 0.6 is 0 Å². The molecule has 0 aromatic heterocycles. The molecule has 6 heteroatoms. The molecule has 1 aromatic carbocycles. The van der Waals surface area contributed by atoms with Crippen LogP contribution in [0.15, 0.2) is 30.3 Å². The van der Waals surface area contributed by atoms with Crippen molar-refractivity contribution in [3.63, 3.8) is 0 Å². The van der Waals surface area contributed by atoms with E-state index in [1.54, 1.807) is 30.3 Å². The third-order valence-electron chi connectivity index (χ3n) is 2.83. The second-order valence-corrected chi connectivity index (χ2v) is 7.75. The Balaban J connectivity index is 2.98. The van der Waals surface area contributed by atoms with Crippen LogP contribution in [0.3, 0.4) is 0 Å². The van der Waals surface area contributed by atoms with E-state index in [0.717, 1.165) is 0 Å². The van der Waals surface area contributed by atoms with Crippen LogP contribution in [-0.2, 0) is 9.59 Å². The van der Waals surface area contributed by atoms with Gasteiger partial charge >= 0.3 is 0 Å². The minimum atomic E-state index is -1.31. The van der Waals surface area contributed by atoms with Gasteiger partial charge < -0.3 is 16.0 Å². The fraction of sp³-hybridized carbons (Fsp3) is 0.500. The minimum Gasteiger partial charge on any atom is -0.349 e. The Hall–Kier alpha value is -2.37. The lowest BCUT2D eigenvalue weighted by Gasteiger charge is -2.28. The summed E-state index contributed by atoms with van der Waals surface area (Å²) in [5.41, 5.74) is -0.654. The van der Waals surface area contributed by atoms with Crippen molar-refractivity contribution in [2.24, 2.45) is 0 Å². The molecule has 0 radical (unpaired) electrons. The van der Waals surface area contributed by atoms with Crippen LogP contribution < -0.4 is 16.0 Å². The van der Waals surface area contributed by atoms with E-state index in [-0.39, 0.29) is 0 Å². The van der Waals surface area contributed by atoms with E-state index in [9.17, 15) is 14.4 Å². The summed E-state index contributed by atoms with van der Waals surface area (Å²) in [4.78, 5) is 37.3. The molecule has 0 unspecified atom stereocenters. The fourth-order valence-electron chi connectivity index (χ4n) is 1.94. The second-order valence-electron chi connectivity index (χ2n) is 7.75. The van der Waals surface area contributed by atoms with Crippen molar-refractivity contribution >= 4 is 17.7 Å². The van der Waals surface area contributed by atoms with Crippen molar-refractivity contribution in [3.8, 4) is 0 Å². The Kier molecular flexibility index (Phi) is 6.12. The maximum Gasteiger partial charge on any atom is 0.252 e. The first-order valence-electron chi connectivity index (χ1n) is 7.89. The van der Waals surface area contributed by atoms with Gasteiger partial charge in [-0.3, -0.25) is 14.4 Å². The van der Waals surface area contributed by atoms with E-state index in [0.29, 0.717) is 5.56 Å². The number of rotatable bonds is 4. The van der Waals surface area contributed by atoms with Gasteiger partial charge in [0.1, 0.15) is 0 Å². The van der Waals surface area contributed by atoms with Crippen LogP contribution in [0.1, 0.15) is 51.9 Å². The number of hydrogen-bond donors (Lipinski definition) is 3. The molecule has 1 aromatic rings. The lowest BCUT2D eigenvalue weighted by atomic mass is 10.1. The number of hydrogen-bond acceptors (Lipinski definition) is 3. The molecule has 0 saturated carbocycles. The lowest BCUT2D eigenvalue weighted by molar-refractivity contribution is -0.133. The van der Waals surface area contributed by atoms with E-state index in [1.165, 1.54) is 0 Å². The van der Waals surface area contributed by atoms with Crippen molar-refractivity contribution in [1.29, 1.82) is 0 Å². The predicted molar refractivity (Wildman–Crippen MR) is 93.5 cm³/mol. The molecular weight excluding hydrogens is 306 g/mol. The van der Waals surface area contributed by atoms with Crippen molar-refractivity contribution in [1.82, 2.24) is 16.0 Å². The highest BCUT2D eigenvalue weighted by atomic mass is 16.2. The quantitative estimate of drug-likeness (QED) is 0.732. The van der Waals surface area contributed by atoms with Gasteiger partial charge in [-0.15, -0.1) is 0 Å². The van der Waals surface area contributed by atoms with Gasteiger partial charge in [0, 0.05) is 16.6 Å². The molecule has 0 aliphatic carbocycles. The van der Waals surface area contributed by atoms with Gasteiger partial charge in [0.15, 0.2) is 6.04 Å². The number of carbonyl (C=O) groups is 3. The summed E-state index contributed by atoms with van der Waals surface area (Å²) in [7, 11) is 0. The van der Waals surface area contributed by atoms with Crippen molar-refractivity contribution in [2.45, 2.75) is 58.7 Å². The number of carbonyl (C=O) groups excluding carboxylic acids is 3. The SMILES string of the molecule is CC(C)(C)NC(=O)C(NC(=O)c1ccccc1)C(=O)NC(C)(C)C. The smallest absolute Gasteiger partial charge is 0.252 e. The van der Waals surface area contributed by atoms with Crippen LogP contribution in [0.4, 0.5) is 0 Å². The molecule has 132 valence electrons. The van der Waals surface area contributed by atoms with Gasteiger partial charge in [-0.1, -0.05) is 18.2 Å². The minimum absolute atomic E-state index is 0.384. The number of amides is 3. The molecule has 1 rings (SSSR count). The van der Waals surface area contributed by atoms with Crippen molar-refractivity contribution in [2.75, 3.05) is 0 Å². The first kappa shape index (κ1) is 19.7. The monoisotopic (exact) mass is 333 g/mol. The maximum atomic E-state index is 12.5. The summed E-state index contributed by atoms with van der Waals surface area (Å²) in [6.45, 7) is 10.8. The van der Waals surface area contributed by atoms with Crippen LogP contribution in [0.2, 0.25) is 0 Å². The van der Waals surface area contributed by atoms with Gasteiger partial charge in [-0.2, -0.15) is 0 Å². The fourth-order valence-corrected chi connectivity index (χ4v) is 1.94. The molecule has 0 fully saturated rings. The Morgan fingerprint density at radius 2 is 1.21 bits per heavy atom. The zero-order chi connectivity index (χ0) is 18.5. The lowest BCUT2D eigenvalue weighted by Crippen LogP contribution is -2.60. The van der Waals surface area contributed by atoms with Crippen LogP contribution in [0, 0.1) is 0 Å². The average Bonchev–Trinajstić information content (AvgIpc) is 2.41. The standard InChI is InChI=1S/C18H27N3O3/c1-17(2,3)20-15(23)13(16(24)21-18(4,5)6)19-14(22)12-10-8-7-9-11-12/h7-11,13H,1-6H3,(H,19,22)(H,20,23)(H,21,24). The molecule has 0 bridgehead atoms. The topological polar surface area (TPSA) is 87.3 Å². The van der Waals surface area contributed by atoms with Gasteiger partial charge in [0.2, 0.25) is 0 Å². The Morgan fingerprint density at radius 1 is 0.792 bits per heavy atom. The first-order chi connectivity index (χ1) is 10.9. The van der Waals surface area contributed by atoms with E-state index in [1.807, 2.05) is 41.5 Å². The number of benzene rings is 1. The summed E-state index contributed by atoms with van der Waals surface area (Å²) >= 11 is 0. The number of nitrogens with one attached hydrogen (secondary N) is 3. The summed E-state index contributed by atoms with van der Waals surface area (Å²) in [6.07, 6.45) is 0. The zero-order valence-electron chi connectivity index (χ0n) is 15.2. The molecule has 0 saturated heterocycles. The Labute approximate surface area is 143 Å². The average molecular weight is 333 g/mol. The highest BCUT2D eigenvalue weighted by Crippen LogP contribution is 2.05. The van der Waals surface area contributed by atoms with Crippen molar-refractivity contribution < 1.29 is 14.4 Å². The van der Waals surface area contributed by atoms with E-state index < -0.39 is 34.8 Å². The summed E-state index contributed by atoms with van der Waals surface area (Å²) < 4.78 is 0. The van der Waals surface area contributed by atoms with Gasteiger partial charge in [-0.25, -0.2) is 0 Å². The molecule has 3 N–H and O–H groups in total. The second kappa shape index (κ2) is 7.47. The van der Waals surface area contributed by atoms with E-state index in [4.69, 9.17) is 0 Å². The Morgan fingerprint density at radius 3 is 1.58 bits per heavy atom. The van der Waals surface area contributed by atoms with Crippen LogP contribution in [-0.4, -0.2) is 34.8 Å². The molecule has 0 atom stereocenters. The molecular formula is C18H27N3O3. The van der Waals surface area contributed by atoms with E-state index >= 15 is 0 Å². The summed E-state index contributed by atoms with van der Waals surface area (Å²) in [5.74, 6) is -1.57. The van der Waals surface area contributed by atoms with Crippen LogP contribution in [0.25, 0.3) is 0 Å².